The molecule has 0 spiro atoms. The van der Waals surface area contributed by atoms with Crippen molar-refractivity contribution in [1.82, 2.24) is 15.0 Å². The predicted octanol–water partition coefficient (Wildman–Crippen LogP) is 0.0779. The molecule has 0 unspecified atom stereocenters. The minimum Gasteiger partial charge on any atom is -0.358 e. The molecule has 0 aliphatic carbocycles. The highest BCUT2D eigenvalue weighted by molar-refractivity contribution is 5.35. The van der Waals surface area contributed by atoms with Gasteiger partial charge in [0.2, 0.25) is 0 Å². The van der Waals surface area contributed by atoms with Gasteiger partial charge in [-0.2, -0.15) is 5.26 Å². The summed E-state index contributed by atoms with van der Waals surface area (Å²) in [5, 5.41) is 25.5. The summed E-state index contributed by atoms with van der Waals surface area (Å²) in [5.41, 5.74) is -0.248. The van der Waals surface area contributed by atoms with Crippen molar-refractivity contribution in [2.75, 3.05) is 0 Å². The Kier molecular flexibility index (Phi) is 2.00. The highest BCUT2D eigenvalue weighted by Gasteiger charge is 2.22. The molecule has 0 fully saturated rings. The largest absolute Gasteiger partial charge is 0.383 e. The van der Waals surface area contributed by atoms with E-state index in [1.54, 1.807) is 13.0 Å². The van der Waals surface area contributed by atoms with E-state index in [0.29, 0.717) is 6.54 Å². The monoisotopic (exact) mass is 167 g/mol. The van der Waals surface area contributed by atoms with E-state index in [1.807, 2.05) is 0 Å². The van der Waals surface area contributed by atoms with E-state index in [0.717, 1.165) is 4.68 Å². The smallest absolute Gasteiger partial charge is 0.358 e. The zero-order chi connectivity index (χ0) is 9.14. The van der Waals surface area contributed by atoms with E-state index >= 15 is 0 Å². The van der Waals surface area contributed by atoms with E-state index in [4.69, 9.17) is 5.26 Å². The fourth-order valence-electron chi connectivity index (χ4n) is 0.774. The SMILES string of the molecule is CCn1nnc(C#N)c1[N+](=O)[O-]. The van der Waals surface area contributed by atoms with Crippen LogP contribution in [-0.2, 0) is 6.54 Å². The molecule has 1 heterocycles. The van der Waals surface area contributed by atoms with E-state index in [1.165, 1.54) is 0 Å². The zero-order valence-electron chi connectivity index (χ0n) is 6.26. The van der Waals surface area contributed by atoms with Crippen molar-refractivity contribution in [3.8, 4) is 6.07 Å². The molecule has 0 amide bonds. The lowest BCUT2D eigenvalue weighted by molar-refractivity contribution is -0.392. The van der Waals surface area contributed by atoms with Crippen LogP contribution in [0.3, 0.4) is 0 Å². The number of aromatic nitrogens is 3. The summed E-state index contributed by atoms with van der Waals surface area (Å²) >= 11 is 0. The highest BCUT2D eigenvalue weighted by Crippen LogP contribution is 2.13. The zero-order valence-corrected chi connectivity index (χ0v) is 6.26. The Morgan fingerprint density at radius 3 is 2.92 bits per heavy atom. The minimum atomic E-state index is -0.665. The van der Waals surface area contributed by atoms with E-state index in [9.17, 15) is 10.1 Å². The Morgan fingerprint density at radius 1 is 1.83 bits per heavy atom. The Labute approximate surface area is 67.4 Å². The molecule has 7 heteroatoms. The average Bonchev–Trinajstić information content (AvgIpc) is 2.46. The fraction of sp³-hybridized carbons (Fsp3) is 0.400. The van der Waals surface area contributed by atoms with Crippen LogP contribution < -0.4 is 0 Å². The Bertz CT molecular complexity index is 349. The Morgan fingerprint density at radius 2 is 2.50 bits per heavy atom. The second-order valence-corrected chi connectivity index (χ2v) is 1.95. The summed E-state index contributed by atoms with van der Waals surface area (Å²) < 4.78 is 1.07. The topological polar surface area (TPSA) is 97.6 Å². The molecule has 0 radical (unpaired) electrons. The summed E-state index contributed by atoms with van der Waals surface area (Å²) in [6.45, 7) is 2.01. The lowest BCUT2D eigenvalue weighted by Gasteiger charge is -1.92. The van der Waals surface area contributed by atoms with Crippen LogP contribution in [0.25, 0.3) is 0 Å². The summed E-state index contributed by atoms with van der Waals surface area (Å²) in [6, 6.07) is 1.60. The molecule has 0 saturated heterocycles. The van der Waals surface area contributed by atoms with Crippen molar-refractivity contribution in [2.45, 2.75) is 13.5 Å². The standard InChI is InChI=1S/C5H5N5O2/c1-2-9-5(10(11)12)4(3-6)7-8-9/h2H2,1H3. The Hall–Kier alpha value is -1.97. The predicted molar refractivity (Wildman–Crippen MR) is 37.1 cm³/mol. The van der Waals surface area contributed by atoms with Crippen LogP contribution in [0.5, 0.6) is 0 Å². The summed E-state index contributed by atoms with van der Waals surface area (Å²) in [5.74, 6) is -0.347. The molecule has 1 rings (SSSR count). The number of nitrogens with zero attached hydrogens (tertiary/aromatic N) is 5. The Balaban J connectivity index is 3.28. The van der Waals surface area contributed by atoms with Crippen LogP contribution in [0, 0.1) is 21.4 Å². The van der Waals surface area contributed by atoms with Gasteiger partial charge in [0.05, 0.1) is 0 Å². The first-order valence-corrected chi connectivity index (χ1v) is 3.18. The number of nitriles is 1. The maximum absolute atomic E-state index is 10.4. The van der Waals surface area contributed by atoms with Gasteiger partial charge in [-0.15, -0.1) is 4.68 Å². The molecule has 0 atom stereocenters. The fourth-order valence-corrected chi connectivity index (χ4v) is 0.774. The van der Waals surface area contributed by atoms with Gasteiger partial charge in [0.1, 0.15) is 12.6 Å². The van der Waals surface area contributed by atoms with E-state index in [2.05, 4.69) is 10.3 Å². The van der Waals surface area contributed by atoms with E-state index in [-0.39, 0.29) is 11.5 Å². The molecular formula is C5H5N5O2. The molecule has 7 nitrogen and oxygen atoms in total. The first kappa shape index (κ1) is 8.13. The molecule has 0 aromatic carbocycles. The van der Waals surface area contributed by atoms with Crippen LogP contribution in [0.4, 0.5) is 5.82 Å². The number of hydrogen-bond donors (Lipinski definition) is 0. The molecule has 0 N–H and O–H groups in total. The van der Waals surface area contributed by atoms with Gasteiger partial charge < -0.3 is 10.1 Å². The van der Waals surface area contributed by atoms with Crippen molar-refractivity contribution in [1.29, 1.82) is 5.26 Å². The van der Waals surface area contributed by atoms with Crippen molar-refractivity contribution in [3.63, 3.8) is 0 Å². The van der Waals surface area contributed by atoms with Crippen LogP contribution in [0.2, 0.25) is 0 Å². The summed E-state index contributed by atoms with van der Waals surface area (Å²) in [4.78, 5) is 9.71. The second-order valence-electron chi connectivity index (χ2n) is 1.95. The van der Waals surface area contributed by atoms with Crippen LogP contribution >= 0.6 is 0 Å². The minimum absolute atomic E-state index is 0.248. The van der Waals surface area contributed by atoms with Crippen molar-refractivity contribution in [2.24, 2.45) is 0 Å². The van der Waals surface area contributed by atoms with E-state index < -0.39 is 4.92 Å². The second kappa shape index (κ2) is 2.96. The van der Waals surface area contributed by atoms with Gasteiger partial charge in [0, 0.05) is 5.21 Å². The first-order valence-electron chi connectivity index (χ1n) is 3.18. The molecule has 0 aliphatic heterocycles. The maximum atomic E-state index is 10.4. The van der Waals surface area contributed by atoms with Gasteiger partial charge in [-0.25, -0.2) is 0 Å². The summed E-state index contributed by atoms with van der Waals surface area (Å²) in [7, 11) is 0. The van der Waals surface area contributed by atoms with Crippen molar-refractivity contribution >= 4 is 5.82 Å². The van der Waals surface area contributed by atoms with Gasteiger partial charge in [-0.3, -0.25) is 0 Å². The number of aryl methyl sites for hydroxylation is 1. The van der Waals surface area contributed by atoms with Crippen LogP contribution in [0.1, 0.15) is 12.6 Å². The average molecular weight is 167 g/mol. The number of rotatable bonds is 2. The van der Waals surface area contributed by atoms with Gasteiger partial charge in [0.15, 0.2) is 0 Å². The highest BCUT2D eigenvalue weighted by atomic mass is 16.6. The first-order chi connectivity index (χ1) is 5.70. The van der Waals surface area contributed by atoms with Gasteiger partial charge >= 0.3 is 5.82 Å². The van der Waals surface area contributed by atoms with Gasteiger partial charge in [-0.1, -0.05) is 5.10 Å². The molecule has 0 saturated carbocycles. The summed E-state index contributed by atoms with van der Waals surface area (Å²) in [6.07, 6.45) is 0. The normalized spacial score (nSPS) is 9.33. The van der Waals surface area contributed by atoms with Crippen LogP contribution in [0.15, 0.2) is 0 Å². The molecule has 0 aliphatic rings. The number of hydrogen-bond acceptors (Lipinski definition) is 5. The molecule has 0 bridgehead atoms. The molecule has 12 heavy (non-hydrogen) atoms. The van der Waals surface area contributed by atoms with Crippen molar-refractivity contribution < 1.29 is 4.92 Å². The third kappa shape index (κ3) is 1.10. The lowest BCUT2D eigenvalue weighted by Crippen LogP contribution is -2.03. The van der Waals surface area contributed by atoms with Gasteiger partial charge in [-0.05, 0) is 11.8 Å². The van der Waals surface area contributed by atoms with Gasteiger partial charge in [0.25, 0.3) is 5.69 Å². The maximum Gasteiger partial charge on any atom is 0.383 e. The third-order valence-electron chi connectivity index (χ3n) is 1.29. The molecule has 1 aromatic rings. The number of nitro groups is 1. The van der Waals surface area contributed by atoms with Crippen molar-refractivity contribution in [3.05, 3.63) is 15.8 Å². The lowest BCUT2D eigenvalue weighted by atomic mass is 10.5. The molecular weight excluding hydrogens is 162 g/mol. The van der Waals surface area contributed by atoms with Crippen LogP contribution in [-0.4, -0.2) is 19.9 Å². The quantitative estimate of drug-likeness (QED) is 0.458. The molecule has 1 aromatic heterocycles. The third-order valence-corrected chi connectivity index (χ3v) is 1.29. The molecule has 62 valence electrons.